The van der Waals surface area contributed by atoms with Gasteiger partial charge in [-0.3, -0.25) is 37.3 Å². The maximum atomic E-state index is 13.0. The van der Waals surface area contributed by atoms with E-state index in [9.17, 15) is 43.2 Å². The lowest BCUT2D eigenvalue weighted by Crippen LogP contribution is -2.30. The van der Waals surface area contributed by atoms with Gasteiger partial charge in [0.05, 0.1) is 26.4 Å². The van der Waals surface area contributed by atoms with Crippen molar-refractivity contribution in [2.24, 2.45) is 0 Å². The molecule has 0 aliphatic carbocycles. The van der Waals surface area contributed by atoms with E-state index < -0.39 is 97.5 Å². The molecule has 0 aliphatic rings. The van der Waals surface area contributed by atoms with E-state index in [0.29, 0.717) is 25.7 Å². The van der Waals surface area contributed by atoms with Crippen molar-refractivity contribution in [2.75, 3.05) is 39.6 Å². The van der Waals surface area contributed by atoms with Crippen molar-refractivity contribution in [1.29, 1.82) is 0 Å². The number of carbonyl (C=O) groups excluding carboxylic acids is 4. The minimum atomic E-state index is -4.96. The molecule has 0 aromatic heterocycles. The van der Waals surface area contributed by atoms with Crippen molar-refractivity contribution in [3.63, 3.8) is 0 Å². The van der Waals surface area contributed by atoms with Crippen LogP contribution in [0.15, 0.2) is 24.3 Å². The number of phosphoric ester groups is 2. The molecule has 0 saturated heterocycles. The highest BCUT2D eigenvalue weighted by Gasteiger charge is 2.30. The third-order valence-corrected chi connectivity index (χ3v) is 18.4. The number of hydrogen-bond acceptors (Lipinski definition) is 15. The van der Waals surface area contributed by atoms with E-state index in [1.807, 2.05) is 0 Å². The smallest absolute Gasteiger partial charge is 0.462 e. The number of esters is 4. The van der Waals surface area contributed by atoms with E-state index in [2.05, 4.69) is 52.0 Å². The molecule has 0 fully saturated rings. The predicted octanol–water partition coefficient (Wildman–Crippen LogP) is 21.0. The van der Waals surface area contributed by atoms with Crippen LogP contribution >= 0.6 is 15.6 Å². The molecule has 2 unspecified atom stereocenters. The van der Waals surface area contributed by atoms with Crippen LogP contribution in [0.1, 0.15) is 362 Å². The molecule has 0 spiro atoms. The number of carbonyl (C=O) groups is 4. The van der Waals surface area contributed by atoms with Gasteiger partial charge in [-0.05, 0) is 51.4 Å². The van der Waals surface area contributed by atoms with Gasteiger partial charge in [0.25, 0.3) is 0 Å². The zero-order valence-electron chi connectivity index (χ0n) is 59.0. The highest BCUT2D eigenvalue weighted by molar-refractivity contribution is 7.47. The summed E-state index contributed by atoms with van der Waals surface area (Å²) in [6, 6.07) is 0. The fourth-order valence-electron chi connectivity index (χ4n) is 10.7. The van der Waals surface area contributed by atoms with Crippen molar-refractivity contribution in [3.8, 4) is 0 Å². The number of aliphatic hydroxyl groups is 1. The van der Waals surface area contributed by atoms with E-state index in [0.717, 1.165) is 122 Å². The molecule has 0 aromatic carbocycles. The van der Waals surface area contributed by atoms with Gasteiger partial charge < -0.3 is 33.8 Å². The zero-order chi connectivity index (χ0) is 67.5. The minimum absolute atomic E-state index is 0.102. The summed E-state index contributed by atoms with van der Waals surface area (Å²) >= 11 is 0. The van der Waals surface area contributed by atoms with Gasteiger partial charge in [0.2, 0.25) is 0 Å². The summed E-state index contributed by atoms with van der Waals surface area (Å²) in [5.41, 5.74) is 0. The van der Waals surface area contributed by atoms with Crippen molar-refractivity contribution in [1.82, 2.24) is 0 Å². The monoisotopic (exact) mass is 1350 g/mol. The largest absolute Gasteiger partial charge is 0.472 e. The average Bonchev–Trinajstić information content (AvgIpc) is 3.70. The predicted molar refractivity (Wildman–Crippen MR) is 372 cm³/mol. The van der Waals surface area contributed by atoms with Crippen LogP contribution in [0.2, 0.25) is 0 Å². The maximum Gasteiger partial charge on any atom is 0.472 e. The number of hydrogen-bond donors (Lipinski definition) is 3. The highest BCUT2D eigenvalue weighted by Crippen LogP contribution is 2.45. The van der Waals surface area contributed by atoms with E-state index in [1.54, 1.807) is 0 Å². The van der Waals surface area contributed by atoms with E-state index in [-0.39, 0.29) is 25.7 Å². The van der Waals surface area contributed by atoms with Crippen molar-refractivity contribution in [3.05, 3.63) is 24.3 Å². The zero-order valence-corrected chi connectivity index (χ0v) is 60.8. The van der Waals surface area contributed by atoms with Crippen molar-refractivity contribution >= 4 is 39.5 Å². The summed E-state index contributed by atoms with van der Waals surface area (Å²) in [4.78, 5) is 72.5. The van der Waals surface area contributed by atoms with Gasteiger partial charge in [0.1, 0.15) is 19.3 Å². The van der Waals surface area contributed by atoms with Crippen molar-refractivity contribution < 1.29 is 80.2 Å². The Morgan fingerprint density at radius 3 is 0.793 bits per heavy atom. The van der Waals surface area contributed by atoms with E-state index in [1.165, 1.54) is 161 Å². The second-order valence-corrected chi connectivity index (χ2v) is 28.6. The Morgan fingerprint density at radius 2 is 0.522 bits per heavy atom. The van der Waals surface area contributed by atoms with Gasteiger partial charge in [-0.15, -0.1) is 0 Å². The molecule has 17 nitrogen and oxygen atoms in total. The second-order valence-electron chi connectivity index (χ2n) is 25.6. The molecule has 0 radical (unpaired) electrons. The maximum absolute atomic E-state index is 13.0. The van der Waals surface area contributed by atoms with E-state index >= 15 is 0 Å². The summed E-state index contributed by atoms with van der Waals surface area (Å²) < 4.78 is 68.3. The fraction of sp³-hybridized carbons (Fsp3) is 0.890. The number of unbranched alkanes of at least 4 members (excludes halogenated alkanes) is 43. The van der Waals surface area contributed by atoms with Crippen molar-refractivity contribution in [2.45, 2.75) is 380 Å². The van der Waals surface area contributed by atoms with Gasteiger partial charge in [-0.2, -0.15) is 0 Å². The first-order valence-electron chi connectivity index (χ1n) is 37.6. The third kappa shape index (κ3) is 66.2. The number of ether oxygens (including phenoxy) is 4. The average molecular weight is 1350 g/mol. The van der Waals surface area contributed by atoms with Crippen LogP contribution < -0.4 is 0 Å². The summed E-state index contributed by atoms with van der Waals surface area (Å²) in [5, 5.41) is 10.6. The van der Waals surface area contributed by atoms with Crippen LogP contribution in [0.4, 0.5) is 0 Å². The lowest BCUT2D eigenvalue weighted by Gasteiger charge is -2.21. The second kappa shape index (κ2) is 67.1. The molecular formula is C73H138O17P2. The Labute approximate surface area is 561 Å². The number of allylic oxidation sites excluding steroid dienone is 4. The Balaban J connectivity index is 5.23. The number of phosphoric acid groups is 2. The molecule has 5 atom stereocenters. The standard InChI is InChI=1S/C73H138O17P2/c1-5-9-13-17-21-24-27-30-33-35-38-41-44-48-52-56-60-73(78)90-69(64-84-71(76)58-54-50-46-42-39-37-34-31-28-25-22-18-14-10-6-2)66-88-92(81,82)86-62-67(74)61-85-91(79,80)87-65-68(63-83-70(75)57-53-49-45-20-16-12-8-4)89-72(77)59-55-51-47-43-40-36-32-29-26-23-19-15-11-7-3/h25,28,31,34,67-69,74H,5-24,26-27,29-30,32-33,35-66H2,1-4H3,(H,79,80)(H,81,82)/b28-25-,34-31-/t67-,68+,69+/m0/s1. The highest BCUT2D eigenvalue weighted by atomic mass is 31.2. The molecule has 0 bridgehead atoms. The topological polar surface area (TPSA) is 237 Å². The Kier molecular flexibility index (Phi) is 65.3. The SMILES string of the molecule is CCCCCC/C=C\C=C/CCCCCCCC(=O)OC[C@H](COP(=O)(O)OC[C@@H](O)COP(=O)(O)OC[C@@H](COC(=O)CCCCCCCCC)OC(=O)CCCCCCCCCCCCCCCC)OC(=O)CCCCCCCCCCCCCCCCCC. The molecule has 542 valence electrons. The van der Waals surface area contributed by atoms with Crippen LogP contribution in [0.3, 0.4) is 0 Å². The molecule has 0 aliphatic heterocycles. The molecule has 92 heavy (non-hydrogen) atoms. The molecule has 3 N–H and O–H groups in total. The first-order chi connectivity index (χ1) is 44.7. The lowest BCUT2D eigenvalue weighted by atomic mass is 10.0. The summed E-state index contributed by atoms with van der Waals surface area (Å²) in [6.07, 6.45) is 59.1. The number of aliphatic hydroxyl groups excluding tert-OH is 1. The molecule has 19 heteroatoms. The van der Waals surface area contributed by atoms with Gasteiger partial charge in [0.15, 0.2) is 12.2 Å². The summed E-state index contributed by atoms with van der Waals surface area (Å²) in [6.45, 7) is 4.87. The first-order valence-corrected chi connectivity index (χ1v) is 40.6. The Bertz CT molecular complexity index is 1850. The third-order valence-electron chi connectivity index (χ3n) is 16.5. The number of rotatable bonds is 72. The molecular weight excluding hydrogens is 1210 g/mol. The summed E-state index contributed by atoms with van der Waals surface area (Å²) in [5.74, 6) is -2.15. The van der Waals surface area contributed by atoms with Gasteiger partial charge >= 0.3 is 39.5 Å². The molecule has 0 heterocycles. The van der Waals surface area contributed by atoms with Crippen LogP contribution in [0.5, 0.6) is 0 Å². The Morgan fingerprint density at radius 1 is 0.304 bits per heavy atom. The van der Waals surface area contributed by atoms with Crippen LogP contribution in [0.25, 0.3) is 0 Å². The molecule has 0 amide bonds. The van der Waals surface area contributed by atoms with Gasteiger partial charge in [-0.25, -0.2) is 9.13 Å². The molecule has 0 aromatic rings. The molecule has 0 saturated carbocycles. The fourth-order valence-corrected chi connectivity index (χ4v) is 12.3. The van der Waals surface area contributed by atoms with Gasteiger partial charge in [0, 0.05) is 25.7 Å². The molecule has 0 rings (SSSR count). The lowest BCUT2D eigenvalue weighted by molar-refractivity contribution is -0.161. The normalized spacial score (nSPS) is 14.1. The quantitative estimate of drug-likeness (QED) is 0.0169. The van der Waals surface area contributed by atoms with Gasteiger partial charge in [-0.1, -0.05) is 309 Å². The van der Waals surface area contributed by atoms with Crippen LogP contribution in [0, 0.1) is 0 Å². The van der Waals surface area contributed by atoms with Crippen LogP contribution in [-0.4, -0.2) is 96.7 Å². The minimum Gasteiger partial charge on any atom is -0.462 e. The Hall–Kier alpha value is -2.46. The first kappa shape index (κ1) is 89.5. The summed E-state index contributed by atoms with van der Waals surface area (Å²) in [7, 11) is -9.91. The van der Waals surface area contributed by atoms with E-state index in [4.69, 9.17) is 37.0 Å². The van der Waals surface area contributed by atoms with Crippen LogP contribution in [-0.2, 0) is 65.4 Å².